The van der Waals surface area contributed by atoms with Crippen LogP contribution in [0.5, 0.6) is 0 Å². The first-order valence-corrected chi connectivity index (χ1v) is 5.48. The number of aromatic nitrogens is 1. The van der Waals surface area contributed by atoms with Crippen LogP contribution in [0.3, 0.4) is 0 Å². The highest BCUT2D eigenvalue weighted by Gasteiger charge is 2.24. The number of nitrogens with zero attached hydrogens (tertiary/aromatic N) is 1. The fourth-order valence-electron chi connectivity index (χ4n) is 1.48. The first kappa shape index (κ1) is 8.75. The van der Waals surface area contributed by atoms with Crippen molar-refractivity contribution in [2.75, 3.05) is 5.75 Å². The van der Waals surface area contributed by atoms with Crippen LogP contribution in [0.1, 0.15) is 23.2 Å². The van der Waals surface area contributed by atoms with Crippen LogP contribution < -0.4 is 0 Å². The Labute approximate surface area is 81.8 Å². The average molecular weight is 193 g/mol. The summed E-state index contributed by atoms with van der Waals surface area (Å²) < 4.78 is 0. The Kier molecular flexibility index (Phi) is 2.64. The van der Waals surface area contributed by atoms with E-state index in [0.717, 1.165) is 17.7 Å². The lowest BCUT2D eigenvalue weighted by Crippen LogP contribution is -2.13. The van der Waals surface area contributed by atoms with Crippen molar-refractivity contribution in [1.29, 1.82) is 0 Å². The number of ketones is 1. The first-order chi connectivity index (χ1) is 6.38. The van der Waals surface area contributed by atoms with Gasteiger partial charge in [0.15, 0.2) is 5.78 Å². The molecule has 2 nitrogen and oxygen atoms in total. The lowest BCUT2D eigenvalue weighted by molar-refractivity contribution is 0.0988. The summed E-state index contributed by atoms with van der Waals surface area (Å²) in [6.45, 7) is 0. The van der Waals surface area contributed by atoms with Crippen LogP contribution >= 0.6 is 11.8 Å². The number of pyridine rings is 1. The van der Waals surface area contributed by atoms with E-state index in [1.807, 2.05) is 12.1 Å². The lowest BCUT2D eigenvalue weighted by Gasteiger charge is -2.05. The minimum Gasteiger partial charge on any atom is -0.293 e. The Morgan fingerprint density at radius 1 is 1.62 bits per heavy atom. The normalized spacial score (nSPS) is 21.7. The van der Waals surface area contributed by atoms with Gasteiger partial charge < -0.3 is 0 Å². The standard InChI is InChI=1S/C10H11NOS/c12-10(9-4-2-6-13-9)8-3-1-5-11-7-8/h1,3,5,7,9H,2,4,6H2. The minimum atomic E-state index is 0.184. The summed E-state index contributed by atoms with van der Waals surface area (Å²) in [6.07, 6.45) is 5.54. The average Bonchev–Trinajstić information content (AvgIpc) is 2.71. The van der Waals surface area contributed by atoms with Gasteiger partial charge in [-0.1, -0.05) is 0 Å². The van der Waals surface area contributed by atoms with Crippen LogP contribution in [0.15, 0.2) is 24.5 Å². The summed E-state index contributed by atoms with van der Waals surface area (Å²) in [7, 11) is 0. The van der Waals surface area contributed by atoms with Crippen LogP contribution in [0, 0.1) is 0 Å². The highest BCUT2D eigenvalue weighted by Crippen LogP contribution is 2.28. The lowest BCUT2D eigenvalue weighted by atomic mass is 10.1. The molecule has 1 atom stereocenters. The first-order valence-electron chi connectivity index (χ1n) is 4.44. The summed E-state index contributed by atoms with van der Waals surface area (Å²) in [5.41, 5.74) is 0.752. The van der Waals surface area contributed by atoms with Gasteiger partial charge in [-0.05, 0) is 30.7 Å². The fraction of sp³-hybridized carbons (Fsp3) is 0.400. The van der Waals surface area contributed by atoms with E-state index in [9.17, 15) is 4.79 Å². The van der Waals surface area contributed by atoms with E-state index < -0.39 is 0 Å². The van der Waals surface area contributed by atoms with Gasteiger partial charge in [0.1, 0.15) is 0 Å². The quantitative estimate of drug-likeness (QED) is 0.674. The van der Waals surface area contributed by atoms with Gasteiger partial charge in [-0.2, -0.15) is 11.8 Å². The summed E-state index contributed by atoms with van der Waals surface area (Å²) in [5, 5.41) is 0.184. The Morgan fingerprint density at radius 2 is 2.54 bits per heavy atom. The molecule has 1 saturated heterocycles. The molecule has 13 heavy (non-hydrogen) atoms. The fourth-order valence-corrected chi connectivity index (χ4v) is 2.72. The highest BCUT2D eigenvalue weighted by molar-refractivity contribution is 8.00. The molecule has 1 aliphatic rings. The zero-order valence-electron chi connectivity index (χ0n) is 7.27. The molecule has 0 aliphatic carbocycles. The van der Waals surface area contributed by atoms with Crippen LogP contribution in [0.25, 0.3) is 0 Å². The molecule has 0 radical (unpaired) electrons. The number of hydrogen-bond acceptors (Lipinski definition) is 3. The van der Waals surface area contributed by atoms with Gasteiger partial charge >= 0.3 is 0 Å². The maximum Gasteiger partial charge on any atom is 0.177 e. The van der Waals surface area contributed by atoms with Gasteiger partial charge in [0.2, 0.25) is 0 Å². The molecule has 1 aliphatic heterocycles. The predicted octanol–water partition coefficient (Wildman–Crippen LogP) is 2.16. The van der Waals surface area contributed by atoms with Crippen molar-refractivity contribution in [3.8, 4) is 0 Å². The van der Waals surface area contributed by atoms with Crippen molar-refractivity contribution in [2.45, 2.75) is 18.1 Å². The molecule has 0 spiro atoms. The zero-order valence-corrected chi connectivity index (χ0v) is 8.09. The van der Waals surface area contributed by atoms with Gasteiger partial charge in [0.05, 0.1) is 5.25 Å². The Balaban J connectivity index is 2.13. The maximum atomic E-state index is 11.8. The number of rotatable bonds is 2. The van der Waals surface area contributed by atoms with E-state index in [0.29, 0.717) is 0 Å². The molecule has 0 N–H and O–H groups in total. The molecule has 0 aromatic carbocycles. The second-order valence-corrected chi connectivity index (χ2v) is 4.42. The highest BCUT2D eigenvalue weighted by atomic mass is 32.2. The van der Waals surface area contributed by atoms with Gasteiger partial charge in [-0.3, -0.25) is 9.78 Å². The van der Waals surface area contributed by atoms with Crippen molar-refractivity contribution in [3.63, 3.8) is 0 Å². The van der Waals surface area contributed by atoms with Gasteiger partial charge in [0.25, 0.3) is 0 Å². The summed E-state index contributed by atoms with van der Waals surface area (Å²) in [4.78, 5) is 15.7. The molecule has 1 unspecified atom stereocenters. The second-order valence-electron chi connectivity index (χ2n) is 3.11. The third kappa shape index (κ3) is 1.91. The van der Waals surface area contributed by atoms with E-state index >= 15 is 0 Å². The summed E-state index contributed by atoms with van der Waals surface area (Å²) in [5.74, 6) is 1.37. The van der Waals surface area contributed by atoms with Gasteiger partial charge in [0, 0.05) is 18.0 Å². The molecule has 0 saturated carbocycles. The molecule has 1 aromatic heterocycles. The smallest absolute Gasteiger partial charge is 0.177 e. The topological polar surface area (TPSA) is 30.0 Å². The Morgan fingerprint density at radius 3 is 3.15 bits per heavy atom. The van der Waals surface area contributed by atoms with Crippen LogP contribution in [-0.2, 0) is 0 Å². The summed E-state index contributed by atoms with van der Waals surface area (Å²) in [6, 6.07) is 3.65. The van der Waals surface area contributed by atoms with Crippen LogP contribution in [-0.4, -0.2) is 21.8 Å². The molecule has 3 heteroatoms. The molecule has 68 valence electrons. The molecule has 0 bridgehead atoms. The second kappa shape index (κ2) is 3.92. The van der Waals surface area contributed by atoms with Crippen molar-refractivity contribution in [2.24, 2.45) is 0 Å². The van der Waals surface area contributed by atoms with E-state index in [1.54, 1.807) is 24.2 Å². The van der Waals surface area contributed by atoms with Crippen LogP contribution in [0.2, 0.25) is 0 Å². The Hall–Kier alpha value is -0.830. The Bertz CT molecular complexity index is 293. The number of hydrogen-bond donors (Lipinski definition) is 0. The number of thioether (sulfide) groups is 1. The number of Topliss-reactive ketones (excluding diaryl/α,β-unsaturated/α-hetero) is 1. The molecular formula is C10H11NOS. The van der Waals surface area contributed by atoms with Crippen molar-refractivity contribution >= 4 is 17.5 Å². The van der Waals surface area contributed by atoms with E-state index in [2.05, 4.69) is 4.98 Å². The molecule has 0 amide bonds. The predicted molar refractivity (Wildman–Crippen MR) is 54.0 cm³/mol. The monoisotopic (exact) mass is 193 g/mol. The van der Waals surface area contributed by atoms with Gasteiger partial charge in [-0.15, -0.1) is 0 Å². The van der Waals surface area contributed by atoms with E-state index in [4.69, 9.17) is 0 Å². The van der Waals surface area contributed by atoms with E-state index in [-0.39, 0.29) is 11.0 Å². The molecule has 2 rings (SSSR count). The van der Waals surface area contributed by atoms with Gasteiger partial charge in [-0.25, -0.2) is 0 Å². The summed E-state index contributed by atoms with van der Waals surface area (Å²) >= 11 is 1.77. The zero-order chi connectivity index (χ0) is 9.10. The number of carbonyl (C=O) groups is 1. The van der Waals surface area contributed by atoms with Crippen molar-refractivity contribution in [3.05, 3.63) is 30.1 Å². The molecular weight excluding hydrogens is 182 g/mol. The largest absolute Gasteiger partial charge is 0.293 e. The van der Waals surface area contributed by atoms with Crippen molar-refractivity contribution in [1.82, 2.24) is 4.98 Å². The maximum absolute atomic E-state index is 11.8. The third-order valence-electron chi connectivity index (χ3n) is 2.17. The third-order valence-corrected chi connectivity index (χ3v) is 3.54. The minimum absolute atomic E-state index is 0.184. The molecule has 1 aromatic rings. The molecule has 2 heterocycles. The van der Waals surface area contributed by atoms with Crippen LogP contribution in [0.4, 0.5) is 0 Å². The molecule has 1 fully saturated rings. The SMILES string of the molecule is O=C(c1cccnc1)C1CCCS1. The number of carbonyl (C=O) groups excluding carboxylic acids is 1. The van der Waals surface area contributed by atoms with E-state index in [1.165, 1.54) is 6.42 Å². The van der Waals surface area contributed by atoms with Crippen molar-refractivity contribution < 1.29 is 4.79 Å².